The standard InChI is InChI=1S/C14H17N3O/c1-15-9-14-16-6-7-17(14)10-12-8-11-4-2-3-5-13(11)18-12/h2-7,12,15H,8-10H2,1H3. The van der Waals surface area contributed by atoms with E-state index in [9.17, 15) is 0 Å². The van der Waals surface area contributed by atoms with Crippen molar-refractivity contribution in [3.63, 3.8) is 0 Å². The van der Waals surface area contributed by atoms with Gasteiger partial charge in [0.2, 0.25) is 0 Å². The fourth-order valence-electron chi connectivity index (χ4n) is 2.41. The van der Waals surface area contributed by atoms with Gasteiger partial charge in [0.1, 0.15) is 17.7 Å². The molecule has 0 fully saturated rings. The van der Waals surface area contributed by atoms with Gasteiger partial charge in [0.05, 0.1) is 13.1 Å². The number of imidazole rings is 1. The molecule has 3 rings (SSSR count). The van der Waals surface area contributed by atoms with E-state index in [2.05, 4.69) is 27.0 Å². The van der Waals surface area contributed by atoms with Crippen LogP contribution in [0.4, 0.5) is 0 Å². The second-order valence-electron chi connectivity index (χ2n) is 4.58. The van der Waals surface area contributed by atoms with Crippen LogP contribution < -0.4 is 10.1 Å². The second kappa shape index (κ2) is 4.82. The Balaban J connectivity index is 1.70. The summed E-state index contributed by atoms with van der Waals surface area (Å²) in [5.41, 5.74) is 1.30. The van der Waals surface area contributed by atoms with E-state index in [1.165, 1.54) is 5.56 Å². The van der Waals surface area contributed by atoms with Crippen molar-refractivity contribution in [2.24, 2.45) is 0 Å². The molecule has 94 valence electrons. The van der Waals surface area contributed by atoms with E-state index in [0.29, 0.717) is 0 Å². The first-order chi connectivity index (χ1) is 8.86. The monoisotopic (exact) mass is 243 g/mol. The first-order valence-electron chi connectivity index (χ1n) is 6.26. The molecule has 1 aromatic heterocycles. The Morgan fingerprint density at radius 2 is 2.33 bits per heavy atom. The zero-order chi connectivity index (χ0) is 12.4. The van der Waals surface area contributed by atoms with E-state index in [4.69, 9.17) is 4.74 Å². The van der Waals surface area contributed by atoms with Crippen molar-refractivity contribution in [2.45, 2.75) is 25.6 Å². The van der Waals surface area contributed by atoms with Gasteiger partial charge in [-0.3, -0.25) is 0 Å². The van der Waals surface area contributed by atoms with Crippen molar-refractivity contribution in [3.05, 3.63) is 48.0 Å². The van der Waals surface area contributed by atoms with Crippen LogP contribution >= 0.6 is 0 Å². The van der Waals surface area contributed by atoms with Gasteiger partial charge in [-0.1, -0.05) is 18.2 Å². The summed E-state index contributed by atoms with van der Waals surface area (Å²) in [7, 11) is 1.93. The van der Waals surface area contributed by atoms with Gasteiger partial charge >= 0.3 is 0 Å². The highest BCUT2D eigenvalue weighted by molar-refractivity contribution is 5.37. The van der Waals surface area contributed by atoms with E-state index in [-0.39, 0.29) is 6.10 Å². The Hall–Kier alpha value is -1.81. The minimum Gasteiger partial charge on any atom is -0.488 e. The molecule has 0 saturated heterocycles. The highest BCUT2D eigenvalue weighted by atomic mass is 16.5. The van der Waals surface area contributed by atoms with Crippen LogP contribution in [0.25, 0.3) is 0 Å². The Morgan fingerprint density at radius 1 is 1.44 bits per heavy atom. The van der Waals surface area contributed by atoms with Crippen LogP contribution in [0.2, 0.25) is 0 Å². The molecule has 4 heteroatoms. The predicted molar refractivity (Wildman–Crippen MR) is 69.6 cm³/mol. The highest BCUT2D eigenvalue weighted by Gasteiger charge is 2.23. The van der Waals surface area contributed by atoms with E-state index in [1.807, 2.05) is 31.6 Å². The second-order valence-corrected chi connectivity index (χ2v) is 4.58. The molecule has 2 aromatic rings. The maximum absolute atomic E-state index is 5.94. The summed E-state index contributed by atoms with van der Waals surface area (Å²) in [5, 5.41) is 3.13. The molecule has 1 unspecified atom stereocenters. The molecule has 0 amide bonds. The first kappa shape index (κ1) is 11.3. The van der Waals surface area contributed by atoms with Crippen LogP contribution in [-0.2, 0) is 19.5 Å². The fraction of sp³-hybridized carbons (Fsp3) is 0.357. The summed E-state index contributed by atoms with van der Waals surface area (Å²) in [4.78, 5) is 4.34. The summed E-state index contributed by atoms with van der Waals surface area (Å²) in [5.74, 6) is 2.08. The smallest absolute Gasteiger partial charge is 0.123 e. The Kier molecular flexibility index (Phi) is 3.02. The van der Waals surface area contributed by atoms with Gasteiger partial charge in [0.25, 0.3) is 0 Å². The number of hydrogen-bond acceptors (Lipinski definition) is 3. The molecule has 18 heavy (non-hydrogen) atoms. The fourth-order valence-corrected chi connectivity index (χ4v) is 2.41. The van der Waals surface area contributed by atoms with Crippen LogP contribution in [0.1, 0.15) is 11.4 Å². The van der Waals surface area contributed by atoms with Crippen molar-refractivity contribution >= 4 is 0 Å². The molecule has 0 bridgehead atoms. The molecule has 0 aliphatic carbocycles. The normalized spacial score (nSPS) is 17.5. The van der Waals surface area contributed by atoms with Gasteiger partial charge in [0.15, 0.2) is 0 Å². The van der Waals surface area contributed by atoms with Crippen molar-refractivity contribution in [1.29, 1.82) is 0 Å². The van der Waals surface area contributed by atoms with E-state index < -0.39 is 0 Å². The number of ether oxygens (including phenoxy) is 1. The minimum atomic E-state index is 0.215. The Bertz CT molecular complexity index is 510. The van der Waals surface area contributed by atoms with E-state index in [0.717, 1.165) is 31.1 Å². The Labute approximate surface area is 107 Å². The van der Waals surface area contributed by atoms with Crippen LogP contribution in [0.15, 0.2) is 36.7 Å². The summed E-state index contributed by atoms with van der Waals surface area (Å²) in [6.45, 7) is 1.64. The zero-order valence-corrected chi connectivity index (χ0v) is 10.5. The molecule has 1 aliphatic rings. The van der Waals surface area contributed by atoms with Crippen molar-refractivity contribution in [2.75, 3.05) is 7.05 Å². The molecule has 1 N–H and O–H groups in total. The number of hydrogen-bond donors (Lipinski definition) is 1. The van der Waals surface area contributed by atoms with Gasteiger partial charge < -0.3 is 14.6 Å². The van der Waals surface area contributed by atoms with Crippen LogP contribution in [-0.4, -0.2) is 22.7 Å². The van der Waals surface area contributed by atoms with Crippen LogP contribution in [0.3, 0.4) is 0 Å². The third kappa shape index (κ3) is 2.11. The number of nitrogens with one attached hydrogen (secondary N) is 1. The average Bonchev–Trinajstić information content (AvgIpc) is 2.97. The SMILES string of the molecule is CNCc1nccn1CC1Cc2ccccc2O1. The molecule has 1 atom stereocenters. The van der Waals surface area contributed by atoms with Gasteiger partial charge in [-0.15, -0.1) is 0 Å². The Morgan fingerprint density at radius 3 is 3.17 bits per heavy atom. The molecule has 4 nitrogen and oxygen atoms in total. The molecular weight excluding hydrogens is 226 g/mol. The first-order valence-corrected chi connectivity index (χ1v) is 6.26. The average molecular weight is 243 g/mol. The van der Waals surface area contributed by atoms with Crippen molar-refractivity contribution in [1.82, 2.24) is 14.9 Å². The topological polar surface area (TPSA) is 39.1 Å². The number of benzene rings is 1. The lowest BCUT2D eigenvalue weighted by Crippen LogP contribution is -2.23. The molecule has 0 saturated carbocycles. The summed E-state index contributed by atoms with van der Waals surface area (Å²) in [6.07, 6.45) is 5.05. The van der Waals surface area contributed by atoms with Crippen molar-refractivity contribution in [3.8, 4) is 5.75 Å². The molecular formula is C14H17N3O. The zero-order valence-electron chi connectivity index (χ0n) is 10.5. The van der Waals surface area contributed by atoms with Gasteiger partial charge in [-0.25, -0.2) is 4.98 Å². The highest BCUT2D eigenvalue weighted by Crippen LogP contribution is 2.28. The molecule has 0 spiro atoms. The predicted octanol–water partition coefficient (Wildman–Crippen LogP) is 1.61. The van der Waals surface area contributed by atoms with Crippen molar-refractivity contribution < 1.29 is 4.74 Å². The maximum Gasteiger partial charge on any atom is 0.123 e. The van der Waals surface area contributed by atoms with E-state index >= 15 is 0 Å². The lowest BCUT2D eigenvalue weighted by atomic mass is 10.1. The summed E-state index contributed by atoms with van der Waals surface area (Å²) < 4.78 is 8.10. The molecule has 0 radical (unpaired) electrons. The number of rotatable bonds is 4. The van der Waals surface area contributed by atoms with E-state index in [1.54, 1.807) is 0 Å². The minimum absolute atomic E-state index is 0.215. The third-order valence-corrected chi connectivity index (χ3v) is 3.25. The summed E-state index contributed by atoms with van der Waals surface area (Å²) >= 11 is 0. The maximum atomic E-state index is 5.94. The van der Waals surface area contributed by atoms with Gasteiger partial charge in [0, 0.05) is 18.8 Å². The molecule has 1 aromatic carbocycles. The number of para-hydroxylation sites is 1. The lowest BCUT2D eigenvalue weighted by Gasteiger charge is -2.13. The quantitative estimate of drug-likeness (QED) is 0.886. The molecule has 2 heterocycles. The van der Waals surface area contributed by atoms with Gasteiger partial charge in [-0.05, 0) is 18.7 Å². The number of fused-ring (bicyclic) bond motifs is 1. The number of aromatic nitrogens is 2. The molecule has 1 aliphatic heterocycles. The number of nitrogens with zero attached hydrogens (tertiary/aromatic N) is 2. The lowest BCUT2D eigenvalue weighted by molar-refractivity contribution is 0.207. The van der Waals surface area contributed by atoms with Crippen LogP contribution in [0.5, 0.6) is 5.75 Å². The summed E-state index contributed by atoms with van der Waals surface area (Å²) in [6, 6.07) is 8.26. The third-order valence-electron chi connectivity index (χ3n) is 3.25. The largest absolute Gasteiger partial charge is 0.488 e. The van der Waals surface area contributed by atoms with Crippen LogP contribution in [0, 0.1) is 0 Å². The van der Waals surface area contributed by atoms with Gasteiger partial charge in [-0.2, -0.15) is 0 Å².